The van der Waals surface area contributed by atoms with E-state index in [1.165, 1.54) is 23.4 Å². The van der Waals surface area contributed by atoms with Gasteiger partial charge in [0.25, 0.3) is 5.84 Å². The van der Waals surface area contributed by atoms with Gasteiger partial charge in [-0.2, -0.15) is 9.48 Å². The van der Waals surface area contributed by atoms with Crippen LogP contribution in [0.2, 0.25) is 0 Å². The van der Waals surface area contributed by atoms with Crippen LogP contribution in [0, 0.1) is 5.92 Å². The predicted octanol–water partition coefficient (Wildman–Crippen LogP) is 2.08. The average Bonchev–Trinajstić information content (AvgIpc) is 2.73. The first-order chi connectivity index (χ1) is 13.4. The van der Waals surface area contributed by atoms with E-state index in [-0.39, 0.29) is 17.4 Å². The fraction of sp³-hybridized carbons (Fsp3) is 0.368. The number of ether oxygens (including phenoxy) is 1. The molecule has 0 bridgehead atoms. The van der Waals surface area contributed by atoms with E-state index < -0.39 is 11.9 Å². The van der Waals surface area contributed by atoms with Crippen molar-refractivity contribution in [2.45, 2.75) is 13.3 Å². The summed E-state index contributed by atoms with van der Waals surface area (Å²) in [6.07, 6.45) is 0.554. The van der Waals surface area contributed by atoms with E-state index in [9.17, 15) is 14.4 Å². The number of hydrogen-bond acceptors (Lipinski definition) is 7. The van der Waals surface area contributed by atoms with Crippen molar-refractivity contribution in [1.29, 1.82) is 0 Å². The first-order valence-corrected chi connectivity index (χ1v) is 9.74. The van der Waals surface area contributed by atoms with Crippen LogP contribution in [0.3, 0.4) is 0 Å². The van der Waals surface area contributed by atoms with E-state index in [0.717, 1.165) is 4.90 Å². The highest BCUT2D eigenvalue weighted by Crippen LogP contribution is 2.26. The summed E-state index contributed by atoms with van der Waals surface area (Å²) in [5.74, 6) is 0.449. The van der Waals surface area contributed by atoms with Crippen LogP contribution in [0.1, 0.15) is 23.7 Å². The van der Waals surface area contributed by atoms with Crippen molar-refractivity contribution in [2.75, 3.05) is 27.0 Å². The molecule has 3 rings (SSSR count). The van der Waals surface area contributed by atoms with Crippen molar-refractivity contribution in [3.63, 3.8) is 0 Å². The van der Waals surface area contributed by atoms with E-state index in [0.29, 0.717) is 34.4 Å². The van der Waals surface area contributed by atoms with Crippen LogP contribution in [0.25, 0.3) is 0 Å². The number of Topliss-reactive ketones (excluding diaryl/α,β-unsaturated/α-hetero) is 1. The molecule has 0 aliphatic carbocycles. The Balaban J connectivity index is 1.84. The minimum Gasteiger partial charge on any atom is -0.497 e. The molecule has 1 aromatic rings. The van der Waals surface area contributed by atoms with Gasteiger partial charge in [-0.1, -0.05) is 11.9 Å². The Labute approximate surface area is 167 Å². The van der Waals surface area contributed by atoms with Crippen molar-refractivity contribution >= 4 is 46.2 Å². The zero-order chi connectivity index (χ0) is 20.4. The lowest BCUT2D eigenvalue weighted by Crippen LogP contribution is -2.54. The smallest absolute Gasteiger partial charge is 0.445 e. The predicted molar refractivity (Wildman–Crippen MR) is 108 cm³/mol. The number of aliphatic imine (C=N–C) groups is 2. The number of ketones is 1. The van der Waals surface area contributed by atoms with Crippen LogP contribution in [0.15, 0.2) is 34.3 Å². The summed E-state index contributed by atoms with van der Waals surface area (Å²) >= 11 is 1.21. The highest BCUT2D eigenvalue weighted by molar-refractivity contribution is 8.14. The molecule has 0 N–H and O–H groups in total. The van der Waals surface area contributed by atoms with E-state index in [4.69, 9.17) is 4.74 Å². The third kappa shape index (κ3) is 3.62. The van der Waals surface area contributed by atoms with E-state index in [1.807, 2.05) is 6.92 Å². The van der Waals surface area contributed by atoms with Crippen molar-refractivity contribution in [1.82, 2.24) is 4.90 Å². The van der Waals surface area contributed by atoms with Gasteiger partial charge in [-0.15, -0.1) is 11.8 Å². The number of rotatable bonds is 5. The Morgan fingerprint density at radius 3 is 2.54 bits per heavy atom. The monoisotopic (exact) mass is 401 g/mol. The Bertz CT molecular complexity index is 934. The van der Waals surface area contributed by atoms with Gasteiger partial charge in [-0.05, 0) is 24.3 Å². The maximum atomic E-state index is 12.7. The number of benzene rings is 1. The van der Waals surface area contributed by atoms with Crippen LogP contribution in [-0.2, 0) is 4.79 Å². The molecule has 9 heteroatoms. The first-order valence-electron chi connectivity index (χ1n) is 8.75. The van der Waals surface area contributed by atoms with Gasteiger partial charge < -0.3 is 4.74 Å². The summed E-state index contributed by atoms with van der Waals surface area (Å²) in [4.78, 5) is 47.4. The van der Waals surface area contributed by atoms with Gasteiger partial charge in [0, 0.05) is 12.0 Å². The minimum atomic E-state index is -0.767. The number of thioether (sulfide) groups is 1. The second kappa shape index (κ2) is 8.05. The molecule has 0 aromatic heterocycles. The van der Waals surface area contributed by atoms with Gasteiger partial charge in [0.2, 0.25) is 5.84 Å². The third-order valence-electron chi connectivity index (χ3n) is 4.56. The normalized spacial score (nSPS) is 19.3. The molecule has 3 amide bonds. The Morgan fingerprint density at radius 2 is 1.93 bits per heavy atom. The van der Waals surface area contributed by atoms with Crippen LogP contribution in [0.4, 0.5) is 4.79 Å². The molecule has 1 unspecified atom stereocenters. The molecule has 1 aromatic carbocycles. The molecule has 0 saturated carbocycles. The van der Waals surface area contributed by atoms with E-state index >= 15 is 0 Å². The summed E-state index contributed by atoms with van der Waals surface area (Å²) < 4.78 is 6.47. The maximum Gasteiger partial charge on any atom is 0.445 e. The Kier molecular flexibility index (Phi) is 5.73. The average molecular weight is 401 g/mol. The zero-order valence-corrected chi connectivity index (χ0v) is 16.9. The zero-order valence-electron chi connectivity index (χ0n) is 16.1. The topological polar surface area (TPSA) is 91.4 Å². The Morgan fingerprint density at radius 1 is 1.25 bits per heavy atom. The van der Waals surface area contributed by atoms with Crippen LogP contribution in [-0.4, -0.2) is 70.9 Å². The lowest BCUT2D eigenvalue weighted by atomic mass is 10.0. The number of carbonyl (C=O) groups is 3. The van der Waals surface area contributed by atoms with Crippen molar-refractivity contribution in [3.05, 3.63) is 29.8 Å². The number of imide groups is 1. The quantitative estimate of drug-likeness (QED) is 0.556. The molecular weight excluding hydrogens is 380 g/mol. The minimum absolute atomic E-state index is 0.0847. The molecule has 0 saturated heterocycles. The number of amides is 3. The number of nitrogens with zero attached hydrogens (tertiary/aromatic N) is 4. The maximum absolute atomic E-state index is 12.7. The molecule has 1 atom stereocenters. The van der Waals surface area contributed by atoms with Crippen LogP contribution >= 0.6 is 11.8 Å². The second-order valence-corrected chi connectivity index (χ2v) is 7.30. The summed E-state index contributed by atoms with van der Waals surface area (Å²) in [7, 11) is 4.58. The highest BCUT2D eigenvalue weighted by Gasteiger charge is 2.49. The van der Waals surface area contributed by atoms with Gasteiger partial charge in [-0.3, -0.25) is 9.59 Å². The second-order valence-electron chi connectivity index (χ2n) is 6.30. The molecule has 2 aliphatic heterocycles. The number of urea groups is 1. The van der Waals surface area contributed by atoms with Gasteiger partial charge >= 0.3 is 11.9 Å². The van der Waals surface area contributed by atoms with Gasteiger partial charge in [-0.25, -0.2) is 9.79 Å². The SMILES string of the molecule is CCC1=NC2=[N+](C)C(=O)N(C)C(=O)C2C(SCC(=O)c2ccc(OC)cc2)=N1. The molecule has 8 nitrogen and oxygen atoms in total. The summed E-state index contributed by atoms with van der Waals surface area (Å²) in [5, 5.41) is 0.486. The molecule has 28 heavy (non-hydrogen) atoms. The van der Waals surface area contributed by atoms with E-state index in [1.54, 1.807) is 38.4 Å². The fourth-order valence-corrected chi connectivity index (χ4v) is 3.88. The first kappa shape index (κ1) is 19.9. The van der Waals surface area contributed by atoms with Crippen molar-refractivity contribution < 1.29 is 23.7 Å². The highest BCUT2D eigenvalue weighted by atomic mass is 32.2. The summed E-state index contributed by atoms with van der Waals surface area (Å²) in [5.41, 5.74) is 0.553. The largest absolute Gasteiger partial charge is 0.497 e. The standard InChI is InChI=1S/C19H21N4O4S/c1-5-14-20-16-15(18(25)23(3)19(26)22(16)2)17(21-14)28-10-13(24)11-6-8-12(27-4)9-7-11/h6-9,15H,5,10H2,1-4H3/q+1. The van der Waals surface area contributed by atoms with Gasteiger partial charge in [0.1, 0.15) is 10.8 Å². The molecule has 2 aliphatic rings. The van der Waals surface area contributed by atoms with Crippen molar-refractivity contribution in [3.8, 4) is 5.75 Å². The number of methoxy groups -OCH3 is 1. The van der Waals surface area contributed by atoms with Gasteiger partial charge in [0.15, 0.2) is 11.7 Å². The molecular formula is C19H21N4O4S+. The molecule has 0 fully saturated rings. The number of carbonyl (C=O) groups excluding carboxylic acids is 3. The van der Waals surface area contributed by atoms with Gasteiger partial charge in [0.05, 0.1) is 27.0 Å². The molecule has 0 radical (unpaired) electrons. The fourth-order valence-electron chi connectivity index (χ4n) is 2.89. The summed E-state index contributed by atoms with van der Waals surface area (Å²) in [6.45, 7) is 1.90. The van der Waals surface area contributed by atoms with Crippen LogP contribution in [0.5, 0.6) is 5.75 Å². The number of fused-ring (bicyclic) bond motifs is 1. The number of hydrogen-bond donors (Lipinski definition) is 0. The number of amidine groups is 2. The van der Waals surface area contributed by atoms with E-state index in [2.05, 4.69) is 9.98 Å². The van der Waals surface area contributed by atoms with Crippen LogP contribution < -0.4 is 4.74 Å². The molecule has 0 spiro atoms. The third-order valence-corrected chi connectivity index (χ3v) is 5.59. The molecule has 2 heterocycles. The lowest BCUT2D eigenvalue weighted by Gasteiger charge is -2.26. The molecule has 146 valence electrons. The lowest BCUT2D eigenvalue weighted by molar-refractivity contribution is -0.407. The van der Waals surface area contributed by atoms with Crippen molar-refractivity contribution in [2.24, 2.45) is 15.9 Å². The summed E-state index contributed by atoms with van der Waals surface area (Å²) in [6, 6.07) is 6.42. The Hall–Kier alpha value is -2.81.